The van der Waals surface area contributed by atoms with Crippen LogP contribution in [-0.2, 0) is 14.6 Å². The van der Waals surface area contributed by atoms with Gasteiger partial charge in [0.25, 0.3) is 0 Å². The van der Waals surface area contributed by atoms with Crippen LogP contribution in [0.5, 0.6) is 5.88 Å². The molecule has 2 amide bonds. The number of nitrogens with one attached hydrogen (secondary N) is 2. The van der Waals surface area contributed by atoms with Gasteiger partial charge in [-0.25, -0.2) is 26.7 Å². The molecule has 222 valence electrons. The normalized spacial score (nSPS) is 17.5. The summed E-state index contributed by atoms with van der Waals surface area (Å²) in [6, 6.07) is 12.1. The highest BCUT2D eigenvalue weighted by molar-refractivity contribution is 7.90. The average molecular weight is 592 g/mol. The topological polar surface area (TPSA) is 115 Å². The van der Waals surface area contributed by atoms with Gasteiger partial charge >= 0.3 is 6.03 Å². The van der Waals surface area contributed by atoms with E-state index in [0.29, 0.717) is 55.3 Å². The van der Waals surface area contributed by atoms with Crippen LogP contribution < -0.4 is 15.4 Å². The Hall–Kier alpha value is -3.55. The van der Waals surface area contributed by atoms with Crippen molar-refractivity contribution in [3.63, 3.8) is 0 Å². The number of carbonyl (C=O) groups excluding carboxylic acids is 1. The molecule has 1 fully saturated rings. The number of rotatable bonds is 12. The maximum absolute atomic E-state index is 14.1. The lowest BCUT2D eigenvalue weighted by Gasteiger charge is -2.21. The van der Waals surface area contributed by atoms with E-state index in [9.17, 15) is 22.0 Å². The number of nitrogens with zero attached hydrogens (tertiary/aromatic N) is 3. The number of para-hydroxylation sites is 1. The minimum Gasteiger partial charge on any atom is -0.476 e. The van der Waals surface area contributed by atoms with E-state index in [4.69, 9.17) is 9.47 Å². The first-order chi connectivity index (χ1) is 19.6. The summed E-state index contributed by atoms with van der Waals surface area (Å²) in [5.41, 5.74) is 1.83. The lowest BCUT2D eigenvalue weighted by Crippen LogP contribution is -2.42. The zero-order valence-corrected chi connectivity index (χ0v) is 24.1. The van der Waals surface area contributed by atoms with Crippen molar-refractivity contribution in [2.45, 2.75) is 25.3 Å². The molecule has 4 rings (SSSR count). The minimum absolute atomic E-state index is 0.0130. The van der Waals surface area contributed by atoms with Crippen LogP contribution in [0.1, 0.15) is 23.5 Å². The quantitative estimate of drug-likeness (QED) is 0.310. The standard InChI is InChI=1S/C28H35F2N5O5S/c1-19-26(35(21-8-5-4-6-9-21)33-27(19)40-13-7-15-41(3,37)38)32-28(36)31-25-18-34(12-14-39-2)17-22(25)20-10-11-23(29)24(30)16-20/h4-6,8-11,16,22,25H,7,12-15,17-18H2,1-3H3,(H2,31,32,36)/t22-,25+/m0/s1. The van der Waals surface area contributed by atoms with E-state index >= 15 is 0 Å². The number of benzene rings is 2. The largest absolute Gasteiger partial charge is 0.476 e. The van der Waals surface area contributed by atoms with Gasteiger partial charge in [-0.3, -0.25) is 10.2 Å². The van der Waals surface area contributed by atoms with Crippen molar-refractivity contribution in [3.05, 3.63) is 71.3 Å². The Bertz CT molecular complexity index is 1450. The maximum Gasteiger partial charge on any atom is 0.320 e. The molecule has 1 aliphatic rings. The number of methoxy groups -OCH3 is 1. The molecule has 2 atom stereocenters. The number of sulfone groups is 1. The number of carbonyl (C=O) groups is 1. The van der Waals surface area contributed by atoms with Crippen LogP contribution in [0.15, 0.2) is 48.5 Å². The number of hydrogen-bond donors (Lipinski definition) is 2. The molecule has 41 heavy (non-hydrogen) atoms. The molecule has 1 aliphatic heterocycles. The van der Waals surface area contributed by atoms with Gasteiger partial charge in [0.15, 0.2) is 11.6 Å². The lowest BCUT2D eigenvalue weighted by molar-refractivity contribution is 0.159. The molecule has 13 heteroatoms. The van der Waals surface area contributed by atoms with Crippen molar-refractivity contribution in [1.29, 1.82) is 0 Å². The summed E-state index contributed by atoms with van der Waals surface area (Å²) < 4.78 is 63.1. The molecule has 10 nitrogen and oxygen atoms in total. The second-order valence-corrected chi connectivity index (χ2v) is 12.4. The third-order valence-corrected chi connectivity index (χ3v) is 7.94. The number of ether oxygens (including phenoxy) is 2. The van der Waals surface area contributed by atoms with Gasteiger partial charge in [0, 0.05) is 38.9 Å². The second kappa shape index (κ2) is 13.4. The fourth-order valence-electron chi connectivity index (χ4n) is 4.83. The highest BCUT2D eigenvalue weighted by atomic mass is 32.2. The molecule has 0 radical (unpaired) electrons. The summed E-state index contributed by atoms with van der Waals surface area (Å²) in [6.07, 6.45) is 1.47. The minimum atomic E-state index is -3.12. The Balaban J connectivity index is 1.54. The summed E-state index contributed by atoms with van der Waals surface area (Å²) in [7, 11) is -1.52. The molecule has 1 aromatic heterocycles. The van der Waals surface area contributed by atoms with E-state index in [1.165, 1.54) is 18.4 Å². The SMILES string of the molecule is COCCN1C[C@@H](NC(=O)Nc2c(C)c(OCCCS(C)(=O)=O)nn2-c2ccccc2)[C@H](c2ccc(F)c(F)c2)C1. The molecule has 2 heterocycles. The molecule has 0 unspecified atom stereocenters. The molecule has 1 saturated heterocycles. The highest BCUT2D eigenvalue weighted by Gasteiger charge is 2.35. The number of hydrogen-bond acceptors (Lipinski definition) is 7. The number of likely N-dealkylation sites (tertiary alicyclic amines) is 1. The van der Waals surface area contributed by atoms with Crippen LogP contribution in [0, 0.1) is 18.6 Å². The first-order valence-corrected chi connectivity index (χ1v) is 15.3. The van der Waals surface area contributed by atoms with Crippen LogP contribution in [0.3, 0.4) is 0 Å². The first kappa shape index (κ1) is 30.4. The van der Waals surface area contributed by atoms with Crippen LogP contribution in [-0.4, -0.2) is 87.1 Å². The summed E-state index contributed by atoms with van der Waals surface area (Å²) in [4.78, 5) is 15.5. The van der Waals surface area contributed by atoms with E-state index in [0.717, 1.165) is 6.07 Å². The zero-order chi connectivity index (χ0) is 29.6. The molecule has 0 spiro atoms. The van der Waals surface area contributed by atoms with Gasteiger partial charge in [-0.05, 0) is 43.2 Å². The second-order valence-electron chi connectivity index (χ2n) is 10.1. The van der Waals surface area contributed by atoms with Gasteiger partial charge in [0.05, 0.1) is 36.3 Å². The monoisotopic (exact) mass is 591 g/mol. The Morgan fingerprint density at radius 1 is 1.10 bits per heavy atom. The molecule has 0 aliphatic carbocycles. The van der Waals surface area contributed by atoms with Gasteiger partial charge in [-0.1, -0.05) is 24.3 Å². The smallest absolute Gasteiger partial charge is 0.320 e. The third-order valence-electron chi connectivity index (χ3n) is 6.91. The first-order valence-electron chi connectivity index (χ1n) is 13.2. The molecule has 0 bridgehead atoms. The van der Waals surface area contributed by atoms with Crippen molar-refractivity contribution in [3.8, 4) is 11.6 Å². The Labute approximate surface area is 238 Å². The molecular formula is C28H35F2N5O5S. The van der Waals surface area contributed by atoms with Gasteiger partial charge in [-0.2, -0.15) is 0 Å². The van der Waals surface area contributed by atoms with Gasteiger partial charge in [0.2, 0.25) is 5.88 Å². The van der Waals surface area contributed by atoms with Crippen LogP contribution in [0.4, 0.5) is 19.4 Å². The summed E-state index contributed by atoms with van der Waals surface area (Å²) in [6.45, 7) is 4.03. The van der Waals surface area contributed by atoms with E-state index < -0.39 is 33.5 Å². The molecule has 3 aromatic rings. The number of aromatic nitrogens is 2. The van der Waals surface area contributed by atoms with Crippen molar-refractivity contribution in [2.75, 3.05) is 57.3 Å². The lowest BCUT2D eigenvalue weighted by atomic mass is 9.94. The summed E-state index contributed by atoms with van der Waals surface area (Å²) >= 11 is 0. The molecule has 2 aromatic carbocycles. The van der Waals surface area contributed by atoms with Crippen molar-refractivity contribution in [1.82, 2.24) is 20.0 Å². The number of anilines is 1. The highest BCUT2D eigenvalue weighted by Crippen LogP contribution is 2.31. The van der Waals surface area contributed by atoms with E-state index in [2.05, 4.69) is 20.6 Å². The number of halogens is 2. The van der Waals surface area contributed by atoms with Crippen molar-refractivity contribution in [2.24, 2.45) is 0 Å². The van der Waals surface area contributed by atoms with Crippen molar-refractivity contribution < 1.29 is 31.5 Å². The predicted molar refractivity (Wildman–Crippen MR) is 151 cm³/mol. The molecule has 0 saturated carbocycles. The van der Waals surface area contributed by atoms with Gasteiger partial charge in [0.1, 0.15) is 15.7 Å². The fraction of sp³-hybridized carbons (Fsp3) is 0.429. The van der Waals surface area contributed by atoms with Crippen LogP contribution >= 0.6 is 0 Å². The Kier molecular flexibility index (Phi) is 9.94. The Morgan fingerprint density at radius 2 is 1.85 bits per heavy atom. The summed E-state index contributed by atoms with van der Waals surface area (Å²) in [5, 5.41) is 10.4. The van der Waals surface area contributed by atoms with Crippen LogP contribution in [0.2, 0.25) is 0 Å². The zero-order valence-electron chi connectivity index (χ0n) is 23.3. The summed E-state index contributed by atoms with van der Waals surface area (Å²) in [5.74, 6) is -1.51. The van der Waals surface area contributed by atoms with Gasteiger partial charge < -0.3 is 14.8 Å². The third kappa shape index (κ3) is 8.02. The predicted octanol–water partition coefficient (Wildman–Crippen LogP) is 3.51. The molecular weight excluding hydrogens is 556 g/mol. The Morgan fingerprint density at radius 3 is 2.54 bits per heavy atom. The van der Waals surface area contributed by atoms with Gasteiger partial charge in [-0.15, -0.1) is 5.10 Å². The number of amides is 2. The van der Waals surface area contributed by atoms with Crippen molar-refractivity contribution >= 4 is 21.7 Å². The van der Waals surface area contributed by atoms with Crippen LogP contribution in [0.25, 0.3) is 5.69 Å². The number of urea groups is 1. The molecule has 2 N–H and O–H groups in total. The van der Waals surface area contributed by atoms with E-state index in [1.54, 1.807) is 18.7 Å². The average Bonchev–Trinajstić information content (AvgIpc) is 3.47. The van der Waals surface area contributed by atoms with E-state index in [1.807, 2.05) is 30.3 Å². The fourth-order valence-corrected chi connectivity index (χ4v) is 5.48. The van der Waals surface area contributed by atoms with E-state index in [-0.39, 0.29) is 24.2 Å². The maximum atomic E-state index is 14.1.